The second-order valence-electron chi connectivity index (χ2n) is 10.8. The van der Waals surface area contributed by atoms with Crippen molar-refractivity contribution in [3.63, 3.8) is 0 Å². The lowest BCUT2D eigenvalue weighted by molar-refractivity contribution is 0.00111. The summed E-state index contributed by atoms with van der Waals surface area (Å²) in [5.41, 5.74) is 3.56. The highest BCUT2D eigenvalue weighted by atomic mass is 16.5. The molecule has 0 spiro atoms. The van der Waals surface area contributed by atoms with Crippen LogP contribution in [0, 0.1) is 6.92 Å². The predicted molar refractivity (Wildman–Crippen MR) is 153 cm³/mol. The number of nitrogens with zero attached hydrogens (tertiary/aromatic N) is 5. The van der Waals surface area contributed by atoms with Gasteiger partial charge in [-0.2, -0.15) is 4.80 Å². The molecular weight excluding hydrogens is 508 g/mol. The molecule has 1 saturated heterocycles. The van der Waals surface area contributed by atoms with E-state index in [-0.39, 0.29) is 18.1 Å². The summed E-state index contributed by atoms with van der Waals surface area (Å²) in [4.78, 5) is 4.11. The molecule has 5 rings (SSSR count). The van der Waals surface area contributed by atoms with Gasteiger partial charge < -0.3 is 29.2 Å². The van der Waals surface area contributed by atoms with Crippen LogP contribution < -0.4 is 19.7 Å². The standard InChI is InChI=1S/C30H42N6O4/c1-21(36-33-22(2)32-34-36)16-25-18-27(24-7-9-26(38-4)10-8-24)30(19-31-25)40-20-23-6-11-29-28(17-23)35(13-15-39-29)12-5-14-37-3/h6-11,17,21,25,27,30-31H,5,12-16,18-20H2,1-4H3/t21-,25+,27?,30+/m1/s1. The third-order valence-electron chi connectivity index (χ3n) is 7.91. The number of ether oxygens (including phenoxy) is 4. The van der Waals surface area contributed by atoms with Crippen LogP contribution in [0.3, 0.4) is 0 Å². The van der Waals surface area contributed by atoms with Gasteiger partial charge in [-0.3, -0.25) is 0 Å². The fourth-order valence-corrected chi connectivity index (χ4v) is 5.76. The average molecular weight is 551 g/mol. The van der Waals surface area contributed by atoms with Crippen LogP contribution >= 0.6 is 0 Å². The molecule has 1 aromatic heterocycles. The van der Waals surface area contributed by atoms with Crippen LogP contribution in [0.2, 0.25) is 0 Å². The van der Waals surface area contributed by atoms with Crippen molar-refractivity contribution in [2.45, 2.75) is 63.8 Å². The molecule has 1 unspecified atom stereocenters. The van der Waals surface area contributed by atoms with Crippen LogP contribution in [0.5, 0.6) is 11.5 Å². The summed E-state index contributed by atoms with van der Waals surface area (Å²) in [6.07, 6.45) is 2.90. The van der Waals surface area contributed by atoms with Gasteiger partial charge in [0, 0.05) is 38.8 Å². The van der Waals surface area contributed by atoms with Crippen molar-refractivity contribution >= 4 is 5.69 Å². The number of aryl methyl sites for hydroxylation is 1. The Morgan fingerprint density at radius 2 is 2.00 bits per heavy atom. The highest BCUT2D eigenvalue weighted by Gasteiger charge is 2.33. The molecule has 0 radical (unpaired) electrons. The molecular formula is C30H42N6O4. The summed E-state index contributed by atoms with van der Waals surface area (Å²) in [5.74, 6) is 2.75. The van der Waals surface area contributed by atoms with Gasteiger partial charge in [-0.05, 0) is 73.7 Å². The number of piperidine rings is 1. The van der Waals surface area contributed by atoms with Crippen molar-refractivity contribution in [1.82, 2.24) is 25.5 Å². The minimum absolute atomic E-state index is 0.0387. The second-order valence-corrected chi connectivity index (χ2v) is 10.8. The molecule has 0 saturated carbocycles. The van der Waals surface area contributed by atoms with E-state index in [2.05, 4.69) is 62.9 Å². The summed E-state index contributed by atoms with van der Waals surface area (Å²) >= 11 is 0. The summed E-state index contributed by atoms with van der Waals surface area (Å²) < 4.78 is 23.2. The maximum Gasteiger partial charge on any atom is 0.171 e. The summed E-state index contributed by atoms with van der Waals surface area (Å²) in [6.45, 7) is 8.62. The summed E-state index contributed by atoms with van der Waals surface area (Å²) in [7, 11) is 3.45. The molecule has 1 fully saturated rings. The van der Waals surface area contributed by atoms with Crippen LogP contribution in [-0.2, 0) is 16.1 Å². The number of aromatic nitrogens is 4. The molecule has 2 aliphatic rings. The number of tetrazole rings is 1. The summed E-state index contributed by atoms with van der Waals surface area (Å²) in [6, 6.07) is 15.3. The Labute approximate surface area is 236 Å². The molecule has 216 valence electrons. The number of hydrogen-bond acceptors (Lipinski definition) is 9. The molecule has 3 heterocycles. The van der Waals surface area contributed by atoms with Crippen molar-refractivity contribution in [2.75, 3.05) is 52.0 Å². The zero-order valence-corrected chi connectivity index (χ0v) is 24.1. The number of benzene rings is 2. The molecule has 3 aromatic rings. The van der Waals surface area contributed by atoms with E-state index in [4.69, 9.17) is 18.9 Å². The molecule has 40 heavy (non-hydrogen) atoms. The quantitative estimate of drug-likeness (QED) is 0.337. The number of nitrogens with one attached hydrogen (secondary N) is 1. The maximum atomic E-state index is 6.65. The minimum Gasteiger partial charge on any atom is -0.497 e. The Morgan fingerprint density at radius 1 is 1.15 bits per heavy atom. The SMILES string of the molecule is COCCCN1CCOc2ccc(CO[C@H]3CN[C@@H](C[C@@H](C)n4nnc(C)n4)CC3c3ccc(OC)cc3)cc21. The van der Waals surface area contributed by atoms with Crippen LogP contribution in [-0.4, -0.2) is 79.4 Å². The second kappa shape index (κ2) is 13.4. The average Bonchev–Trinajstić information content (AvgIpc) is 3.43. The Balaban J connectivity index is 1.27. The maximum absolute atomic E-state index is 6.65. The van der Waals surface area contributed by atoms with E-state index < -0.39 is 0 Å². The normalized spacial score (nSPS) is 21.5. The number of rotatable bonds is 12. The monoisotopic (exact) mass is 550 g/mol. The van der Waals surface area contributed by atoms with Crippen LogP contribution in [0.4, 0.5) is 5.69 Å². The van der Waals surface area contributed by atoms with Gasteiger partial charge in [0.1, 0.15) is 18.1 Å². The van der Waals surface area contributed by atoms with E-state index in [0.29, 0.717) is 25.1 Å². The van der Waals surface area contributed by atoms with Crippen molar-refractivity contribution in [1.29, 1.82) is 0 Å². The Morgan fingerprint density at radius 3 is 2.75 bits per heavy atom. The van der Waals surface area contributed by atoms with Gasteiger partial charge in [-0.1, -0.05) is 18.2 Å². The van der Waals surface area contributed by atoms with E-state index >= 15 is 0 Å². The van der Waals surface area contributed by atoms with Gasteiger partial charge in [0.2, 0.25) is 0 Å². The van der Waals surface area contributed by atoms with Crippen molar-refractivity contribution in [3.8, 4) is 11.5 Å². The lowest BCUT2D eigenvalue weighted by Gasteiger charge is -2.38. The van der Waals surface area contributed by atoms with E-state index in [1.807, 2.05) is 19.1 Å². The lowest BCUT2D eigenvalue weighted by atomic mass is 9.82. The van der Waals surface area contributed by atoms with Gasteiger partial charge in [0.25, 0.3) is 0 Å². The van der Waals surface area contributed by atoms with Gasteiger partial charge in [0.05, 0.1) is 38.1 Å². The number of fused-ring (bicyclic) bond motifs is 1. The van der Waals surface area contributed by atoms with Crippen molar-refractivity contribution in [3.05, 3.63) is 59.4 Å². The van der Waals surface area contributed by atoms with E-state index in [9.17, 15) is 0 Å². The highest BCUT2D eigenvalue weighted by molar-refractivity contribution is 5.61. The first-order valence-electron chi connectivity index (χ1n) is 14.3. The van der Waals surface area contributed by atoms with Gasteiger partial charge in [-0.15, -0.1) is 10.2 Å². The number of hydrogen-bond donors (Lipinski definition) is 1. The fourth-order valence-electron chi connectivity index (χ4n) is 5.76. The molecule has 10 nitrogen and oxygen atoms in total. The largest absolute Gasteiger partial charge is 0.497 e. The minimum atomic E-state index is 0.0387. The first kappa shape index (κ1) is 28.3. The molecule has 2 aromatic carbocycles. The first-order valence-corrected chi connectivity index (χ1v) is 14.3. The molecule has 0 amide bonds. The first-order chi connectivity index (χ1) is 19.5. The van der Waals surface area contributed by atoms with Crippen LogP contribution in [0.25, 0.3) is 0 Å². The van der Waals surface area contributed by atoms with Gasteiger partial charge in [-0.25, -0.2) is 0 Å². The van der Waals surface area contributed by atoms with Crippen LogP contribution in [0.15, 0.2) is 42.5 Å². The third-order valence-corrected chi connectivity index (χ3v) is 7.91. The Bertz CT molecular complexity index is 1220. The van der Waals surface area contributed by atoms with Crippen molar-refractivity contribution in [2.24, 2.45) is 0 Å². The van der Waals surface area contributed by atoms with Crippen LogP contribution in [0.1, 0.15) is 55.1 Å². The van der Waals surface area contributed by atoms with E-state index in [1.54, 1.807) is 19.0 Å². The van der Waals surface area contributed by atoms with Gasteiger partial charge >= 0.3 is 0 Å². The highest BCUT2D eigenvalue weighted by Crippen LogP contribution is 2.36. The number of methoxy groups -OCH3 is 2. The molecule has 1 N–H and O–H groups in total. The number of anilines is 1. The molecule has 0 aliphatic carbocycles. The van der Waals surface area contributed by atoms with Gasteiger partial charge in [0.15, 0.2) is 5.82 Å². The fraction of sp³-hybridized carbons (Fsp3) is 0.567. The molecule has 0 bridgehead atoms. The Kier molecular flexibility index (Phi) is 9.51. The predicted octanol–water partition coefficient (Wildman–Crippen LogP) is 3.91. The van der Waals surface area contributed by atoms with Crippen molar-refractivity contribution < 1.29 is 18.9 Å². The lowest BCUT2D eigenvalue weighted by Crippen LogP contribution is -2.47. The third kappa shape index (κ3) is 6.92. The molecule has 4 atom stereocenters. The zero-order chi connectivity index (χ0) is 27.9. The van der Waals surface area contributed by atoms with E-state index in [1.165, 1.54) is 5.56 Å². The molecule has 2 aliphatic heterocycles. The van der Waals surface area contributed by atoms with E-state index in [0.717, 1.165) is 68.3 Å². The smallest absolute Gasteiger partial charge is 0.171 e. The zero-order valence-electron chi connectivity index (χ0n) is 24.1. The Hall–Kier alpha value is -3.21. The molecule has 10 heteroatoms. The topological polar surface area (TPSA) is 95.8 Å². The summed E-state index contributed by atoms with van der Waals surface area (Å²) in [5, 5.41) is 16.4.